The summed E-state index contributed by atoms with van der Waals surface area (Å²) in [5.41, 5.74) is 7.20. The highest BCUT2D eigenvalue weighted by Crippen LogP contribution is 2.39. The average Bonchev–Trinajstić information content (AvgIpc) is 2.53. The lowest BCUT2D eigenvalue weighted by atomic mass is 9.99. The molecule has 1 atom stereocenters. The van der Waals surface area contributed by atoms with Crippen LogP contribution in [0, 0.1) is 0 Å². The van der Waals surface area contributed by atoms with E-state index in [1.165, 1.54) is 0 Å². The Labute approximate surface area is 105 Å². The van der Waals surface area contributed by atoms with E-state index in [2.05, 4.69) is 0 Å². The first kappa shape index (κ1) is 10.9. The van der Waals surface area contributed by atoms with Crippen molar-refractivity contribution in [3.8, 4) is 5.75 Å². The van der Waals surface area contributed by atoms with E-state index in [1.807, 2.05) is 30.3 Å². The molecule has 0 spiro atoms. The smallest absolute Gasteiger partial charge is 0.131 e. The molecule has 0 amide bonds. The molecule has 0 saturated heterocycles. The summed E-state index contributed by atoms with van der Waals surface area (Å²) in [7, 11) is 0. The van der Waals surface area contributed by atoms with Crippen LogP contribution in [-0.4, -0.2) is 6.61 Å². The molecule has 1 aliphatic rings. The number of benzene rings is 2. The molecule has 0 aliphatic carbocycles. The third kappa shape index (κ3) is 1.78. The summed E-state index contributed by atoms with van der Waals surface area (Å²) in [5.74, 6) is 0.912. The highest BCUT2D eigenvalue weighted by atomic mass is 35.5. The van der Waals surface area contributed by atoms with Gasteiger partial charge in [-0.3, -0.25) is 0 Å². The molecule has 0 saturated carbocycles. The van der Waals surface area contributed by atoms with E-state index < -0.39 is 0 Å². The van der Waals surface area contributed by atoms with E-state index >= 15 is 0 Å². The van der Waals surface area contributed by atoms with Crippen molar-refractivity contribution >= 4 is 22.4 Å². The third-order valence-corrected chi connectivity index (χ3v) is 3.59. The van der Waals surface area contributed by atoms with Gasteiger partial charge >= 0.3 is 0 Å². The minimum absolute atomic E-state index is 0.0228. The van der Waals surface area contributed by atoms with Gasteiger partial charge in [-0.15, -0.1) is 0 Å². The summed E-state index contributed by atoms with van der Waals surface area (Å²) < 4.78 is 5.85. The quantitative estimate of drug-likeness (QED) is 0.771. The maximum Gasteiger partial charge on any atom is 0.131 e. The Bertz CT molecular complexity index is 567. The van der Waals surface area contributed by atoms with Gasteiger partial charge in [-0.05, 0) is 18.9 Å². The molecule has 2 aromatic rings. The molecule has 17 heavy (non-hydrogen) atoms. The summed E-state index contributed by atoms with van der Waals surface area (Å²) in [5, 5.41) is 2.84. The summed E-state index contributed by atoms with van der Waals surface area (Å²) in [6.07, 6.45) is 1.93. The molecule has 2 N–H and O–H groups in total. The SMILES string of the molecule is N[C@@H]1CCCOc2c1cc(Cl)c1ccccc21. The summed E-state index contributed by atoms with van der Waals surface area (Å²) in [4.78, 5) is 0. The average molecular weight is 248 g/mol. The minimum atomic E-state index is 0.0228. The first-order valence-electron chi connectivity index (χ1n) is 5.87. The van der Waals surface area contributed by atoms with Crippen LogP contribution in [0.4, 0.5) is 0 Å². The summed E-state index contributed by atoms with van der Waals surface area (Å²) in [6.45, 7) is 0.728. The predicted molar refractivity (Wildman–Crippen MR) is 70.6 cm³/mol. The number of nitrogens with two attached hydrogens (primary N) is 1. The number of hydrogen-bond donors (Lipinski definition) is 1. The van der Waals surface area contributed by atoms with Crippen LogP contribution in [0.1, 0.15) is 24.4 Å². The number of halogens is 1. The molecule has 0 aromatic heterocycles. The Kier molecular flexibility index (Phi) is 2.69. The standard InChI is InChI=1S/C14H14ClNO/c15-12-8-11-13(16)6-3-7-17-14(11)10-5-2-1-4-9(10)12/h1-2,4-5,8,13H,3,6-7,16H2/t13-/m1/s1. The lowest BCUT2D eigenvalue weighted by Gasteiger charge is -2.15. The van der Waals surface area contributed by atoms with E-state index in [0.29, 0.717) is 0 Å². The zero-order valence-corrected chi connectivity index (χ0v) is 10.2. The van der Waals surface area contributed by atoms with Gasteiger partial charge in [0.1, 0.15) is 5.75 Å². The van der Waals surface area contributed by atoms with Crippen molar-refractivity contribution in [2.75, 3.05) is 6.61 Å². The number of hydrogen-bond acceptors (Lipinski definition) is 2. The van der Waals surface area contributed by atoms with E-state index in [0.717, 1.165) is 46.6 Å². The molecule has 0 fully saturated rings. The first-order valence-corrected chi connectivity index (χ1v) is 6.24. The second-order valence-corrected chi connectivity index (χ2v) is 4.83. The number of fused-ring (bicyclic) bond motifs is 3. The summed E-state index contributed by atoms with van der Waals surface area (Å²) in [6, 6.07) is 10.0. The van der Waals surface area contributed by atoms with Crippen molar-refractivity contribution < 1.29 is 4.74 Å². The fourth-order valence-electron chi connectivity index (χ4n) is 2.39. The second kappa shape index (κ2) is 4.21. The maximum atomic E-state index is 6.30. The lowest BCUT2D eigenvalue weighted by Crippen LogP contribution is -2.09. The van der Waals surface area contributed by atoms with Gasteiger partial charge in [-0.2, -0.15) is 0 Å². The van der Waals surface area contributed by atoms with Gasteiger partial charge < -0.3 is 10.5 Å². The normalized spacial score (nSPS) is 19.5. The molecule has 2 aromatic carbocycles. The van der Waals surface area contributed by atoms with Crippen LogP contribution in [0.15, 0.2) is 30.3 Å². The van der Waals surface area contributed by atoms with Crippen LogP contribution in [0.25, 0.3) is 10.8 Å². The van der Waals surface area contributed by atoms with Crippen molar-refractivity contribution in [1.82, 2.24) is 0 Å². The Hall–Kier alpha value is -1.25. The molecule has 3 rings (SSSR count). The van der Waals surface area contributed by atoms with Crippen molar-refractivity contribution in [1.29, 1.82) is 0 Å². The van der Waals surface area contributed by atoms with Crippen LogP contribution in [-0.2, 0) is 0 Å². The summed E-state index contributed by atoms with van der Waals surface area (Å²) >= 11 is 6.30. The van der Waals surface area contributed by atoms with Gasteiger partial charge in [0.25, 0.3) is 0 Å². The largest absolute Gasteiger partial charge is 0.493 e. The molecule has 1 heterocycles. The Morgan fingerprint density at radius 2 is 2.00 bits per heavy atom. The van der Waals surface area contributed by atoms with E-state index in [1.54, 1.807) is 0 Å². The molecule has 0 unspecified atom stereocenters. The Morgan fingerprint density at radius 1 is 1.24 bits per heavy atom. The van der Waals surface area contributed by atoms with Gasteiger partial charge in [-0.25, -0.2) is 0 Å². The van der Waals surface area contributed by atoms with Gasteiger partial charge in [0, 0.05) is 27.4 Å². The van der Waals surface area contributed by atoms with Gasteiger partial charge in [0.05, 0.1) is 6.61 Å². The number of ether oxygens (including phenoxy) is 1. The Morgan fingerprint density at radius 3 is 2.82 bits per heavy atom. The third-order valence-electron chi connectivity index (χ3n) is 3.28. The minimum Gasteiger partial charge on any atom is -0.493 e. The van der Waals surface area contributed by atoms with Gasteiger partial charge in [0.2, 0.25) is 0 Å². The van der Waals surface area contributed by atoms with Crippen LogP contribution < -0.4 is 10.5 Å². The van der Waals surface area contributed by atoms with Crippen LogP contribution >= 0.6 is 11.6 Å². The lowest BCUT2D eigenvalue weighted by molar-refractivity contribution is 0.319. The number of rotatable bonds is 0. The highest BCUT2D eigenvalue weighted by Gasteiger charge is 2.20. The first-order chi connectivity index (χ1) is 8.27. The predicted octanol–water partition coefficient (Wildman–Crippen LogP) is 3.67. The molecular weight excluding hydrogens is 234 g/mol. The molecule has 0 radical (unpaired) electrons. The topological polar surface area (TPSA) is 35.2 Å². The Balaban J connectivity index is 2.34. The van der Waals surface area contributed by atoms with Crippen molar-refractivity contribution in [2.45, 2.75) is 18.9 Å². The van der Waals surface area contributed by atoms with Crippen molar-refractivity contribution in [3.05, 3.63) is 40.9 Å². The molecule has 88 valence electrons. The monoisotopic (exact) mass is 247 g/mol. The van der Waals surface area contributed by atoms with Gasteiger partial charge in [-0.1, -0.05) is 35.9 Å². The van der Waals surface area contributed by atoms with Crippen LogP contribution in [0.3, 0.4) is 0 Å². The maximum absolute atomic E-state index is 6.30. The second-order valence-electron chi connectivity index (χ2n) is 4.42. The zero-order valence-electron chi connectivity index (χ0n) is 9.45. The fraction of sp³-hybridized carbons (Fsp3) is 0.286. The molecule has 2 nitrogen and oxygen atoms in total. The van der Waals surface area contributed by atoms with E-state index in [-0.39, 0.29) is 6.04 Å². The molecular formula is C14H14ClNO. The molecule has 1 aliphatic heterocycles. The van der Waals surface area contributed by atoms with Crippen LogP contribution in [0.2, 0.25) is 5.02 Å². The van der Waals surface area contributed by atoms with Crippen molar-refractivity contribution in [2.24, 2.45) is 5.73 Å². The van der Waals surface area contributed by atoms with Gasteiger partial charge in [0.15, 0.2) is 0 Å². The van der Waals surface area contributed by atoms with E-state index in [9.17, 15) is 0 Å². The zero-order chi connectivity index (χ0) is 11.8. The van der Waals surface area contributed by atoms with Crippen LogP contribution in [0.5, 0.6) is 5.75 Å². The molecule has 0 bridgehead atoms. The van der Waals surface area contributed by atoms with Crippen molar-refractivity contribution in [3.63, 3.8) is 0 Å². The fourth-order valence-corrected chi connectivity index (χ4v) is 2.68. The highest BCUT2D eigenvalue weighted by molar-refractivity contribution is 6.36. The van der Waals surface area contributed by atoms with E-state index in [4.69, 9.17) is 22.1 Å². The molecule has 3 heteroatoms.